The summed E-state index contributed by atoms with van der Waals surface area (Å²) >= 11 is 0. The van der Waals surface area contributed by atoms with Gasteiger partial charge in [-0.15, -0.1) is 0 Å². The number of rotatable bonds is 11. The molecule has 34 heavy (non-hydrogen) atoms. The minimum absolute atomic E-state index is 0.0103. The highest BCUT2D eigenvalue weighted by Crippen LogP contribution is 2.29. The van der Waals surface area contributed by atoms with E-state index >= 15 is 0 Å². The molecule has 0 fully saturated rings. The van der Waals surface area contributed by atoms with E-state index in [0.29, 0.717) is 12.3 Å². The molecule has 0 aliphatic heterocycles. The van der Waals surface area contributed by atoms with Gasteiger partial charge in [0.05, 0.1) is 11.2 Å². The van der Waals surface area contributed by atoms with Crippen molar-refractivity contribution in [3.8, 4) is 23.3 Å². The molecule has 2 aromatic carbocycles. The molecular formula is C27H30N4O3. The molecule has 0 saturated heterocycles. The van der Waals surface area contributed by atoms with Crippen molar-refractivity contribution in [2.24, 2.45) is 0 Å². The molecule has 1 unspecified atom stereocenters. The maximum Gasteiger partial charge on any atom is 0.174 e. The van der Waals surface area contributed by atoms with E-state index in [0.717, 1.165) is 34.3 Å². The van der Waals surface area contributed by atoms with E-state index < -0.39 is 6.10 Å². The van der Waals surface area contributed by atoms with Gasteiger partial charge in [0.1, 0.15) is 30.3 Å². The molecule has 0 aliphatic carbocycles. The van der Waals surface area contributed by atoms with Crippen molar-refractivity contribution in [2.45, 2.75) is 31.9 Å². The summed E-state index contributed by atoms with van der Waals surface area (Å²) in [6, 6.07) is 19.5. The number of H-pyrrole nitrogens is 1. The van der Waals surface area contributed by atoms with Gasteiger partial charge in [0.25, 0.3) is 0 Å². The van der Waals surface area contributed by atoms with Crippen LogP contribution in [0.25, 0.3) is 16.6 Å². The second kappa shape index (κ2) is 10.5. The molecule has 4 aromatic rings. The summed E-state index contributed by atoms with van der Waals surface area (Å²) in [5, 5.41) is 23.9. The Morgan fingerprint density at radius 1 is 1.06 bits per heavy atom. The molecule has 2 aromatic heterocycles. The lowest BCUT2D eigenvalue weighted by molar-refractivity contribution is 0.0988. The number of β-amino-alcohol motifs (C(OH)–C–C–N with tert-alkyl or cyclic N) is 1. The van der Waals surface area contributed by atoms with Crippen LogP contribution >= 0.6 is 0 Å². The number of aliphatic hydroxyl groups excluding tert-OH is 1. The third-order valence-electron chi connectivity index (χ3n) is 5.68. The molecule has 1 atom stereocenters. The van der Waals surface area contributed by atoms with Crippen molar-refractivity contribution in [2.75, 3.05) is 19.8 Å². The highest BCUT2D eigenvalue weighted by molar-refractivity contribution is 5.88. The summed E-state index contributed by atoms with van der Waals surface area (Å²) in [5.41, 5.74) is 2.70. The minimum Gasteiger partial charge on any atom is -0.489 e. The van der Waals surface area contributed by atoms with Crippen LogP contribution in [0.1, 0.15) is 19.4 Å². The molecule has 176 valence electrons. The zero-order valence-corrected chi connectivity index (χ0v) is 19.5. The van der Waals surface area contributed by atoms with E-state index in [1.165, 1.54) is 0 Å². The third kappa shape index (κ3) is 5.60. The smallest absolute Gasteiger partial charge is 0.174 e. The van der Waals surface area contributed by atoms with Crippen LogP contribution < -0.4 is 14.8 Å². The number of nitrogens with one attached hydrogen (secondary N) is 2. The molecule has 2 heterocycles. The zero-order chi connectivity index (χ0) is 24.0. The van der Waals surface area contributed by atoms with Crippen LogP contribution in [0.15, 0.2) is 73.2 Å². The molecule has 4 rings (SSSR count). The second-order valence-corrected chi connectivity index (χ2v) is 8.90. The summed E-state index contributed by atoms with van der Waals surface area (Å²) in [5.74, 6) is 1.40. The first-order valence-corrected chi connectivity index (χ1v) is 11.3. The summed E-state index contributed by atoms with van der Waals surface area (Å²) in [4.78, 5) is 3.27. The number of nitriles is 1. The lowest BCUT2D eigenvalue weighted by atomic mass is 9.94. The number of para-hydroxylation sites is 3. The van der Waals surface area contributed by atoms with E-state index in [1.54, 1.807) is 0 Å². The number of aliphatic hydroxyl groups is 1. The number of hydrogen-bond donors (Lipinski definition) is 3. The minimum atomic E-state index is -0.661. The maximum absolute atomic E-state index is 10.6. The van der Waals surface area contributed by atoms with E-state index in [2.05, 4.69) is 24.1 Å². The van der Waals surface area contributed by atoms with Crippen molar-refractivity contribution < 1.29 is 14.6 Å². The molecule has 0 bridgehead atoms. The quantitative estimate of drug-likeness (QED) is 0.313. The van der Waals surface area contributed by atoms with Gasteiger partial charge in [-0.2, -0.15) is 5.26 Å². The van der Waals surface area contributed by atoms with Crippen molar-refractivity contribution >= 4 is 10.9 Å². The number of benzene rings is 2. The van der Waals surface area contributed by atoms with Crippen LogP contribution in [0.2, 0.25) is 0 Å². The summed E-state index contributed by atoms with van der Waals surface area (Å²) in [7, 11) is 0. The molecule has 3 N–H and O–H groups in total. The maximum atomic E-state index is 10.6. The van der Waals surface area contributed by atoms with Gasteiger partial charge < -0.3 is 29.4 Å². The summed E-state index contributed by atoms with van der Waals surface area (Å²) in [6.45, 7) is 4.82. The first-order chi connectivity index (χ1) is 16.5. The highest BCUT2D eigenvalue weighted by Gasteiger charge is 2.22. The predicted molar refractivity (Wildman–Crippen MR) is 132 cm³/mol. The third-order valence-corrected chi connectivity index (χ3v) is 5.68. The average Bonchev–Trinajstić information content (AvgIpc) is 3.51. The van der Waals surface area contributed by atoms with Gasteiger partial charge in [0.15, 0.2) is 6.61 Å². The fourth-order valence-corrected chi connectivity index (χ4v) is 4.03. The van der Waals surface area contributed by atoms with E-state index in [1.807, 2.05) is 83.8 Å². The molecule has 0 saturated carbocycles. The van der Waals surface area contributed by atoms with Crippen LogP contribution in [0, 0.1) is 11.3 Å². The van der Waals surface area contributed by atoms with Crippen LogP contribution in [0.5, 0.6) is 11.5 Å². The van der Waals surface area contributed by atoms with E-state index in [4.69, 9.17) is 14.7 Å². The number of aromatic amines is 1. The predicted octanol–water partition coefficient (Wildman–Crippen LogP) is 4.21. The SMILES string of the molecule is CC(C)(Cc1c[nH]c2c(OCC#N)cccc12)NCC(O)COc1ccccc1-n1cccc1. The zero-order valence-electron chi connectivity index (χ0n) is 19.5. The lowest BCUT2D eigenvalue weighted by Gasteiger charge is -2.28. The largest absolute Gasteiger partial charge is 0.489 e. The fourth-order valence-electron chi connectivity index (χ4n) is 4.03. The van der Waals surface area contributed by atoms with Gasteiger partial charge in [0.2, 0.25) is 0 Å². The molecule has 0 amide bonds. The summed E-state index contributed by atoms with van der Waals surface area (Å²) < 4.78 is 13.5. The summed E-state index contributed by atoms with van der Waals surface area (Å²) in [6.07, 6.45) is 5.99. The number of fused-ring (bicyclic) bond motifs is 1. The van der Waals surface area contributed by atoms with Gasteiger partial charge in [-0.05, 0) is 56.2 Å². The monoisotopic (exact) mass is 458 g/mol. The van der Waals surface area contributed by atoms with Crippen molar-refractivity contribution in [3.63, 3.8) is 0 Å². The molecule has 0 radical (unpaired) electrons. The average molecular weight is 459 g/mol. The van der Waals surface area contributed by atoms with E-state index in [-0.39, 0.29) is 18.8 Å². The molecule has 7 nitrogen and oxygen atoms in total. The van der Waals surface area contributed by atoms with Crippen LogP contribution in [-0.4, -0.2) is 46.1 Å². The first kappa shape index (κ1) is 23.4. The Morgan fingerprint density at radius 3 is 2.62 bits per heavy atom. The number of aromatic nitrogens is 2. The van der Waals surface area contributed by atoms with Gasteiger partial charge in [-0.25, -0.2) is 0 Å². The van der Waals surface area contributed by atoms with Crippen LogP contribution in [0.3, 0.4) is 0 Å². The van der Waals surface area contributed by atoms with Gasteiger partial charge in [0, 0.05) is 36.1 Å². The Morgan fingerprint density at radius 2 is 1.82 bits per heavy atom. The van der Waals surface area contributed by atoms with Crippen molar-refractivity contribution in [1.29, 1.82) is 5.26 Å². The topological polar surface area (TPSA) is 95.2 Å². The Hall–Kier alpha value is -3.73. The molecule has 7 heteroatoms. The fraction of sp³-hybridized carbons (Fsp3) is 0.296. The number of hydrogen-bond acceptors (Lipinski definition) is 5. The van der Waals surface area contributed by atoms with E-state index in [9.17, 15) is 5.11 Å². The standard InChI is InChI=1S/C27H30N4O3/c1-27(2,16-20-17-29-26-22(20)8-7-11-25(26)33-15-12-28)30-18-21(32)19-34-24-10-4-3-9-23(24)31-13-5-6-14-31/h3-11,13-14,17,21,29-30,32H,15-16,18-19H2,1-2H3. The Bertz CT molecular complexity index is 1250. The van der Waals surface area contributed by atoms with Crippen molar-refractivity contribution in [3.05, 3.63) is 78.8 Å². The Balaban J connectivity index is 1.34. The first-order valence-electron chi connectivity index (χ1n) is 11.3. The normalized spacial score (nSPS) is 12.4. The molecule has 0 spiro atoms. The number of nitrogens with zero attached hydrogens (tertiary/aromatic N) is 2. The molecular weight excluding hydrogens is 428 g/mol. The van der Waals surface area contributed by atoms with Gasteiger partial charge in [-0.1, -0.05) is 24.3 Å². The Kier molecular flexibility index (Phi) is 7.21. The van der Waals surface area contributed by atoms with Gasteiger partial charge in [-0.3, -0.25) is 0 Å². The van der Waals surface area contributed by atoms with Crippen LogP contribution in [-0.2, 0) is 6.42 Å². The van der Waals surface area contributed by atoms with Gasteiger partial charge >= 0.3 is 0 Å². The number of ether oxygens (including phenoxy) is 2. The van der Waals surface area contributed by atoms with Crippen LogP contribution in [0.4, 0.5) is 0 Å². The Labute approximate surface area is 199 Å². The second-order valence-electron chi connectivity index (χ2n) is 8.90. The lowest BCUT2D eigenvalue weighted by Crippen LogP contribution is -2.46. The molecule has 0 aliphatic rings. The highest BCUT2D eigenvalue weighted by atomic mass is 16.5. The van der Waals surface area contributed by atoms with Crippen molar-refractivity contribution in [1.82, 2.24) is 14.9 Å².